The van der Waals surface area contributed by atoms with E-state index in [4.69, 9.17) is 0 Å². The van der Waals surface area contributed by atoms with E-state index in [-0.39, 0.29) is 16.5 Å². The molecule has 7 heteroatoms. The van der Waals surface area contributed by atoms with Crippen LogP contribution >= 0.6 is 0 Å². The van der Waals surface area contributed by atoms with Gasteiger partial charge in [-0.25, -0.2) is 21.9 Å². The van der Waals surface area contributed by atoms with Crippen molar-refractivity contribution < 1.29 is 17.2 Å². The molecule has 2 aromatic rings. The molecule has 3 rings (SSSR count). The van der Waals surface area contributed by atoms with Gasteiger partial charge in [-0.05, 0) is 55.8 Å². The van der Waals surface area contributed by atoms with Crippen molar-refractivity contribution in [2.45, 2.75) is 23.8 Å². The van der Waals surface area contributed by atoms with E-state index in [2.05, 4.69) is 10.0 Å². The number of piperidine rings is 1. The van der Waals surface area contributed by atoms with E-state index in [0.717, 1.165) is 32.0 Å². The van der Waals surface area contributed by atoms with Crippen molar-refractivity contribution in [3.8, 4) is 11.1 Å². The third-order valence-corrected chi connectivity index (χ3v) is 5.60. The highest BCUT2D eigenvalue weighted by Crippen LogP contribution is 2.25. The first-order chi connectivity index (χ1) is 11.5. The minimum absolute atomic E-state index is 0.0783. The van der Waals surface area contributed by atoms with Crippen molar-refractivity contribution in [2.24, 2.45) is 0 Å². The van der Waals surface area contributed by atoms with E-state index >= 15 is 0 Å². The summed E-state index contributed by atoms with van der Waals surface area (Å²) >= 11 is 0. The van der Waals surface area contributed by atoms with Crippen LogP contribution in [0.4, 0.5) is 8.78 Å². The van der Waals surface area contributed by atoms with E-state index in [9.17, 15) is 17.2 Å². The highest BCUT2D eigenvalue weighted by atomic mass is 32.2. The molecule has 24 heavy (non-hydrogen) atoms. The van der Waals surface area contributed by atoms with Crippen LogP contribution in [0, 0.1) is 11.6 Å². The van der Waals surface area contributed by atoms with Crippen LogP contribution < -0.4 is 10.0 Å². The first kappa shape index (κ1) is 17.0. The Balaban J connectivity index is 1.80. The molecule has 2 aromatic carbocycles. The predicted octanol–water partition coefficient (Wildman–Crippen LogP) is 2.66. The summed E-state index contributed by atoms with van der Waals surface area (Å²) in [7, 11) is -3.61. The molecule has 0 aliphatic carbocycles. The first-order valence-corrected chi connectivity index (χ1v) is 9.22. The third kappa shape index (κ3) is 3.80. The van der Waals surface area contributed by atoms with Crippen molar-refractivity contribution in [3.05, 3.63) is 54.1 Å². The van der Waals surface area contributed by atoms with Crippen molar-refractivity contribution in [3.63, 3.8) is 0 Å². The van der Waals surface area contributed by atoms with Crippen LogP contribution in [0.15, 0.2) is 47.4 Å². The summed E-state index contributed by atoms with van der Waals surface area (Å²) in [5.41, 5.74) is 0.722. The lowest BCUT2D eigenvalue weighted by Crippen LogP contribution is -2.42. The standard InChI is InChI=1S/C17H18F2N2O2S/c18-13-3-6-16(17(19)11-13)12-1-4-15(5-2-12)24(22,23)21-14-7-9-20-10-8-14/h1-6,11,14,20-21H,7-10H2. The van der Waals surface area contributed by atoms with Gasteiger partial charge < -0.3 is 5.32 Å². The van der Waals surface area contributed by atoms with Gasteiger partial charge in [-0.15, -0.1) is 0 Å². The first-order valence-electron chi connectivity index (χ1n) is 7.74. The van der Waals surface area contributed by atoms with Crippen LogP contribution in [-0.2, 0) is 10.0 Å². The number of halogens is 2. The molecule has 0 saturated carbocycles. The Morgan fingerprint density at radius 2 is 1.67 bits per heavy atom. The number of nitrogens with one attached hydrogen (secondary N) is 2. The van der Waals surface area contributed by atoms with Gasteiger partial charge in [-0.1, -0.05) is 12.1 Å². The minimum Gasteiger partial charge on any atom is -0.317 e. The number of rotatable bonds is 4. The molecule has 0 amide bonds. The van der Waals surface area contributed by atoms with Crippen molar-refractivity contribution in [1.82, 2.24) is 10.0 Å². The smallest absolute Gasteiger partial charge is 0.240 e. The fourth-order valence-electron chi connectivity index (χ4n) is 2.76. The molecule has 0 spiro atoms. The van der Waals surface area contributed by atoms with Crippen LogP contribution in [-0.4, -0.2) is 27.5 Å². The molecule has 128 valence electrons. The average molecular weight is 352 g/mol. The molecule has 1 aliphatic heterocycles. The lowest BCUT2D eigenvalue weighted by Gasteiger charge is -2.23. The SMILES string of the molecule is O=S(=O)(NC1CCNCC1)c1ccc(-c2ccc(F)cc2F)cc1. The molecule has 0 unspecified atom stereocenters. The van der Waals surface area contributed by atoms with E-state index in [1.54, 1.807) is 0 Å². The van der Waals surface area contributed by atoms with E-state index < -0.39 is 21.7 Å². The summed E-state index contributed by atoms with van der Waals surface area (Å²) in [6, 6.07) is 9.14. The Morgan fingerprint density at radius 1 is 1.00 bits per heavy atom. The second kappa shape index (κ2) is 6.96. The summed E-state index contributed by atoms with van der Waals surface area (Å²) in [5, 5.41) is 3.18. The highest BCUT2D eigenvalue weighted by Gasteiger charge is 2.21. The molecule has 0 bridgehead atoms. The van der Waals surface area contributed by atoms with Gasteiger partial charge in [0.25, 0.3) is 0 Å². The Labute approximate surface area is 139 Å². The van der Waals surface area contributed by atoms with Gasteiger partial charge in [0.1, 0.15) is 11.6 Å². The van der Waals surface area contributed by atoms with Crippen molar-refractivity contribution in [1.29, 1.82) is 0 Å². The number of benzene rings is 2. The van der Waals surface area contributed by atoms with Crippen molar-refractivity contribution in [2.75, 3.05) is 13.1 Å². The number of hydrogen-bond acceptors (Lipinski definition) is 3. The number of hydrogen-bond donors (Lipinski definition) is 2. The molecule has 1 saturated heterocycles. The molecule has 4 nitrogen and oxygen atoms in total. The molecule has 2 N–H and O–H groups in total. The Bertz CT molecular complexity index is 817. The second-order valence-corrected chi connectivity index (χ2v) is 7.51. The largest absolute Gasteiger partial charge is 0.317 e. The minimum atomic E-state index is -3.61. The van der Waals surface area contributed by atoms with Crippen LogP contribution in [0.1, 0.15) is 12.8 Å². The average Bonchev–Trinajstić information content (AvgIpc) is 2.55. The fraction of sp³-hybridized carbons (Fsp3) is 0.294. The monoisotopic (exact) mass is 352 g/mol. The Kier molecular flexibility index (Phi) is 4.93. The lowest BCUT2D eigenvalue weighted by molar-refractivity contribution is 0.427. The zero-order valence-corrected chi connectivity index (χ0v) is 13.7. The summed E-state index contributed by atoms with van der Waals surface area (Å²) in [6.07, 6.45) is 1.50. The van der Waals surface area contributed by atoms with Crippen LogP contribution in [0.2, 0.25) is 0 Å². The maximum atomic E-state index is 13.8. The summed E-state index contributed by atoms with van der Waals surface area (Å²) in [5.74, 6) is -1.33. The van der Waals surface area contributed by atoms with Crippen molar-refractivity contribution >= 4 is 10.0 Å². The van der Waals surface area contributed by atoms with Crippen LogP contribution in [0.5, 0.6) is 0 Å². The normalized spacial score (nSPS) is 16.2. The molecular weight excluding hydrogens is 334 g/mol. The van der Waals surface area contributed by atoms with Gasteiger partial charge in [0.05, 0.1) is 4.90 Å². The lowest BCUT2D eigenvalue weighted by atomic mass is 10.1. The zero-order valence-electron chi connectivity index (χ0n) is 12.9. The molecule has 0 aromatic heterocycles. The molecule has 0 atom stereocenters. The van der Waals surface area contributed by atoms with Gasteiger partial charge in [-0.3, -0.25) is 0 Å². The third-order valence-electron chi connectivity index (χ3n) is 4.07. The zero-order chi connectivity index (χ0) is 17.2. The quantitative estimate of drug-likeness (QED) is 0.889. The molecule has 0 radical (unpaired) electrons. The summed E-state index contributed by atoms with van der Waals surface area (Å²) in [6.45, 7) is 1.58. The van der Waals surface area contributed by atoms with Gasteiger partial charge in [0, 0.05) is 17.7 Å². The molecule has 1 fully saturated rings. The maximum Gasteiger partial charge on any atom is 0.240 e. The Hall–Kier alpha value is -1.83. The van der Waals surface area contributed by atoms with Crippen LogP contribution in [0.3, 0.4) is 0 Å². The highest BCUT2D eigenvalue weighted by molar-refractivity contribution is 7.89. The maximum absolute atomic E-state index is 13.8. The predicted molar refractivity (Wildman–Crippen MR) is 88.0 cm³/mol. The summed E-state index contributed by atoms with van der Waals surface area (Å²) < 4.78 is 54.3. The molecular formula is C17H18F2N2O2S. The topological polar surface area (TPSA) is 58.2 Å². The molecule has 1 aliphatic rings. The second-order valence-electron chi connectivity index (χ2n) is 5.79. The van der Waals surface area contributed by atoms with Gasteiger partial charge in [0.15, 0.2) is 0 Å². The fourth-order valence-corrected chi connectivity index (χ4v) is 4.07. The van der Waals surface area contributed by atoms with Gasteiger partial charge in [-0.2, -0.15) is 0 Å². The van der Waals surface area contributed by atoms with Gasteiger partial charge in [0.2, 0.25) is 10.0 Å². The van der Waals surface area contributed by atoms with Crippen LogP contribution in [0.25, 0.3) is 11.1 Å². The van der Waals surface area contributed by atoms with E-state index in [1.807, 2.05) is 0 Å². The number of sulfonamides is 1. The van der Waals surface area contributed by atoms with E-state index in [0.29, 0.717) is 5.56 Å². The van der Waals surface area contributed by atoms with Gasteiger partial charge >= 0.3 is 0 Å². The van der Waals surface area contributed by atoms with E-state index in [1.165, 1.54) is 36.4 Å². The molecule has 1 heterocycles. The summed E-state index contributed by atoms with van der Waals surface area (Å²) in [4.78, 5) is 0.132. The Morgan fingerprint density at radius 3 is 2.29 bits per heavy atom.